The first kappa shape index (κ1) is 16.4. The lowest BCUT2D eigenvalue weighted by Crippen LogP contribution is -2.34. The zero-order valence-electron chi connectivity index (χ0n) is 13.2. The van der Waals surface area contributed by atoms with E-state index in [2.05, 4.69) is 9.88 Å². The Labute approximate surface area is 144 Å². The minimum atomic E-state index is 0.0968. The lowest BCUT2D eigenvalue weighted by atomic mass is 10.3. The van der Waals surface area contributed by atoms with Crippen molar-refractivity contribution in [1.29, 1.82) is 0 Å². The smallest absolute Gasteiger partial charge is 0.267 e. The van der Waals surface area contributed by atoms with Gasteiger partial charge in [0.1, 0.15) is 15.6 Å². The van der Waals surface area contributed by atoms with Gasteiger partial charge in [-0.2, -0.15) is 0 Å². The molecule has 1 aliphatic heterocycles. The molecule has 7 heteroatoms. The minimum absolute atomic E-state index is 0.0968. The molecule has 23 heavy (non-hydrogen) atoms. The van der Waals surface area contributed by atoms with Crippen molar-refractivity contribution in [2.45, 2.75) is 19.9 Å². The molecule has 5 nitrogen and oxygen atoms in total. The molecule has 1 saturated heterocycles. The lowest BCUT2D eigenvalue weighted by molar-refractivity contribution is 0.0762. The van der Waals surface area contributed by atoms with Crippen molar-refractivity contribution < 1.29 is 9.53 Å². The molecule has 0 atom stereocenters. The largest absolute Gasteiger partial charge is 0.492 e. The van der Waals surface area contributed by atoms with Crippen LogP contribution < -0.4 is 4.74 Å². The Kier molecular flexibility index (Phi) is 5.64. The third kappa shape index (κ3) is 4.10. The fourth-order valence-corrected chi connectivity index (χ4v) is 4.18. The molecule has 0 bridgehead atoms. The van der Waals surface area contributed by atoms with Gasteiger partial charge in [0.25, 0.3) is 5.91 Å². The van der Waals surface area contributed by atoms with Gasteiger partial charge in [0, 0.05) is 37.8 Å². The average Bonchev–Trinajstić information content (AvgIpc) is 3.16. The SMILES string of the molecule is CCOc1ccsc1C(=O)N1CCCN(Cc2nccs2)CC1. The normalized spacial score (nSPS) is 16.3. The molecule has 0 saturated carbocycles. The van der Waals surface area contributed by atoms with E-state index in [0.717, 1.165) is 49.0 Å². The van der Waals surface area contributed by atoms with Crippen LogP contribution >= 0.6 is 22.7 Å². The molecule has 0 spiro atoms. The summed E-state index contributed by atoms with van der Waals surface area (Å²) >= 11 is 3.15. The molecule has 3 rings (SSSR count). The number of amides is 1. The van der Waals surface area contributed by atoms with E-state index in [9.17, 15) is 4.79 Å². The summed E-state index contributed by atoms with van der Waals surface area (Å²) in [6, 6.07) is 1.88. The molecule has 0 aromatic carbocycles. The molecule has 1 amide bonds. The van der Waals surface area contributed by atoms with Gasteiger partial charge in [-0.05, 0) is 24.8 Å². The zero-order chi connectivity index (χ0) is 16.1. The first-order valence-corrected chi connectivity index (χ1v) is 9.64. The third-order valence-electron chi connectivity index (χ3n) is 3.84. The van der Waals surface area contributed by atoms with Crippen LogP contribution in [0.4, 0.5) is 0 Å². The molecule has 0 radical (unpaired) electrons. The Bertz CT molecular complexity index is 627. The van der Waals surface area contributed by atoms with Crippen LogP contribution in [-0.2, 0) is 6.54 Å². The first-order valence-electron chi connectivity index (χ1n) is 7.88. The van der Waals surface area contributed by atoms with Gasteiger partial charge in [-0.1, -0.05) is 0 Å². The summed E-state index contributed by atoms with van der Waals surface area (Å²) in [7, 11) is 0. The second-order valence-electron chi connectivity index (χ2n) is 5.39. The number of rotatable bonds is 5. The second kappa shape index (κ2) is 7.90. The topological polar surface area (TPSA) is 45.7 Å². The van der Waals surface area contributed by atoms with E-state index < -0.39 is 0 Å². The predicted octanol–water partition coefficient (Wildman–Crippen LogP) is 2.95. The van der Waals surface area contributed by atoms with Crippen LogP contribution in [0.25, 0.3) is 0 Å². The minimum Gasteiger partial charge on any atom is -0.492 e. The fraction of sp³-hybridized carbons (Fsp3) is 0.500. The van der Waals surface area contributed by atoms with E-state index in [1.807, 2.05) is 34.8 Å². The number of carbonyl (C=O) groups excluding carboxylic acids is 1. The number of hydrogen-bond donors (Lipinski definition) is 0. The van der Waals surface area contributed by atoms with Crippen molar-refractivity contribution in [2.24, 2.45) is 0 Å². The molecule has 3 heterocycles. The highest BCUT2D eigenvalue weighted by Gasteiger charge is 2.24. The molecule has 0 N–H and O–H groups in total. The molecule has 1 fully saturated rings. The van der Waals surface area contributed by atoms with Gasteiger partial charge in [0.15, 0.2) is 0 Å². The Morgan fingerprint density at radius 3 is 2.96 bits per heavy atom. The van der Waals surface area contributed by atoms with E-state index in [0.29, 0.717) is 12.4 Å². The summed E-state index contributed by atoms with van der Waals surface area (Å²) in [4.78, 5) is 22.2. The van der Waals surface area contributed by atoms with Crippen molar-refractivity contribution in [2.75, 3.05) is 32.8 Å². The summed E-state index contributed by atoms with van der Waals surface area (Å²) in [5.41, 5.74) is 0. The van der Waals surface area contributed by atoms with Crippen LogP contribution in [0.5, 0.6) is 5.75 Å². The van der Waals surface area contributed by atoms with E-state index in [1.54, 1.807) is 11.3 Å². The van der Waals surface area contributed by atoms with E-state index in [-0.39, 0.29) is 5.91 Å². The van der Waals surface area contributed by atoms with E-state index in [1.165, 1.54) is 11.3 Å². The molecular weight excluding hydrogens is 330 g/mol. The van der Waals surface area contributed by atoms with Crippen LogP contribution in [0.15, 0.2) is 23.0 Å². The van der Waals surface area contributed by atoms with Gasteiger partial charge in [-0.3, -0.25) is 9.69 Å². The number of thiazole rings is 1. The highest BCUT2D eigenvalue weighted by molar-refractivity contribution is 7.12. The zero-order valence-corrected chi connectivity index (χ0v) is 14.9. The van der Waals surface area contributed by atoms with Crippen molar-refractivity contribution in [3.8, 4) is 5.75 Å². The molecular formula is C16H21N3O2S2. The Balaban J connectivity index is 1.61. The Morgan fingerprint density at radius 2 is 2.17 bits per heavy atom. The van der Waals surface area contributed by atoms with Crippen LogP contribution in [0.3, 0.4) is 0 Å². The molecule has 2 aromatic heterocycles. The maximum absolute atomic E-state index is 12.8. The Hall–Kier alpha value is -1.44. The highest BCUT2D eigenvalue weighted by Crippen LogP contribution is 2.27. The fourth-order valence-electron chi connectivity index (χ4n) is 2.72. The second-order valence-corrected chi connectivity index (χ2v) is 7.29. The van der Waals surface area contributed by atoms with Crippen LogP contribution in [0.1, 0.15) is 28.0 Å². The highest BCUT2D eigenvalue weighted by atomic mass is 32.1. The monoisotopic (exact) mass is 351 g/mol. The number of carbonyl (C=O) groups is 1. The molecule has 0 unspecified atom stereocenters. The third-order valence-corrected chi connectivity index (χ3v) is 5.49. The summed E-state index contributed by atoms with van der Waals surface area (Å²) in [5, 5.41) is 5.07. The van der Waals surface area contributed by atoms with Gasteiger partial charge in [-0.15, -0.1) is 22.7 Å². The van der Waals surface area contributed by atoms with Crippen molar-refractivity contribution >= 4 is 28.6 Å². The number of nitrogens with zero attached hydrogens (tertiary/aromatic N) is 3. The van der Waals surface area contributed by atoms with Crippen molar-refractivity contribution in [3.63, 3.8) is 0 Å². The summed E-state index contributed by atoms with van der Waals surface area (Å²) < 4.78 is 5.56. The van der Waals surface area contributed by atoms with Crippen LogP contribution in [-0.4, -0.2) is 53.5 Å². The van der Waals surface area contributed by atoms with Crippen molar-refractivity contribution in [1.82, 2.24) is 14.8 Å². The molecule has 124 valence electrons. The summed E-state index contributed by atoms with van der Waals surface area (Å²) in [6.45, 7) is 6.85. The summed E-state index contributed by atoms with van der Waals surface area (Å²) in [6.07, 6.45) is 2.84. The van der Waals surface area contributed by atoms with Crippen LogP contribution in [0.2, 0.25) is 0 Å². The maximum atomic E-state index is 12.8. The van der Waals surface area contributed by atoms with Gasteiger partial charge in [0.05, 0.1) is 13.2 Å². The van der Waals surface area contributed by atoms with Gasteiger partial charge in [-0.25, -0.2) is 4.98 Å². The van der Waals surface area contributed by atoms with Crippen molar-refractivity contribution in [3.05, 3.63) is 32.9 Å². The molecule has 2 aromatic rings. The molecule has 0 aliphatic carbocycles. The Morgan fingerprint density at radius 1 is 1.26 bits per heavy atom. The summed E-state index contributed by atoms with van der Waals surface area (Å²) in [5.74, 6) is 0.811. The average molecular weight is 351 g/mol. The number of ether oxygens (including phenoxy) is 1. The van der Waals surface area contributed by atoms with Gasteiger partial charge in [0.2, 0.25) is 0 Å². The quantitative estimate of drug-likeness (QED) is 0.831. The van der Waals surface area contributed by atoms with Gasteiger partial charge < -0.3 is 9.64 Å². The maximum Gasteiger partial charge on any atom is 0.267 e. The van der Waals surface area contributed by atoms with E-state index in [4.69, 9.17) is 4.74 Å². The lowest BCUT2D eigenvalue weighted by Gasteiger charge is -2.21. The number of thiophene rings is 1. The first-order chi connectivity index (χ1) is 11.3. The molecule has 1 aliphatic rings. The number of hydrogen-bond acceptors (Lipinski definition) is 6. The predicted molar refractivity (Wildman–Crippen MR) is 93.4 cm³/mol. The van der Waals surface area contributed by atoms with E-state index >= 15 is 0 Å². The standard InChI is InChI=1S/C16H21N3O2S2/c1-2-21-13-4-10-23-15(13)16(20)19-7-3-6-18(8-9-19)12-14-17-5-11-22-14/h4-5,10-11H,2-3,6-9,12H2,1H3. The number of aromatic nitrogens is 1. The van der Waals surface area contributed by atoms with Gasteiger partial charge >= 0.3 is 0 Å². The van der Waals surface area contributed by atoms with Crippen LogP contribution in [0, 0.1) is 0 Å².